The molecule has 10 nitrogen and oxygen atoms in total. The zero-order valence-corrected chi connectivity index (χ0v) is 24.3. The van der Waals surface area contributed by atoms with Crippen molar-refractivity contribution in [3.63, 3.8) is 0 Å². The van der Waals surface area contributed by atoms with Gasteiger partial charge in [-0.1, -0.05) is 35.8 Å². The van der Waals surface area contributed by atoms with Crippen molar-refractivity contribution in [2.45, 2.75) is 0 Å². The summed E-state index contributed by atoms with van der Waals surface area (Å²) in [5.41, 5.74) is 1.15. The van der Waals surface area contributed by atoms with Gasteiger partial charge in [-0.3, -0.25) is 18.4 Å². The van der Waals surface area contributed by atoms with E-state index in [1.54, 1.807) is 48.5 Å². The number of aromatic nitrogens is 4. The van der Waals surface area contributed by atoms with Gasteiger partial charge < -0.3 is 9.84 Å². The lowest BCUT2D eigenvalue weighted by Crippen LogP contribution is -2.23. The monoisotopic (exact) mass is 630 g/mol. The van der Waals surface area contributed by atoms with Crippen molar-refractivity contribution in [2.75, 3.05) is 7.11 Å². The lowest BCUT2D eigenvalue weighted by Gasteiger charge is -2.03. The first kappa shape index (κ1) is 31.5. The Morgan fingerprint density at radius 1 is 0.681 bits per heavy atom. The molecule has 0 bridgehead atoms. The van der Waals surface area contributed by atoms with Gasteiger partial charge in [0.25, 0.3) is 11.1 Å². The van der Waals surface area contributed by atoms with Crippen LogP contribution in [0.2, 0.25) is 0 Å². The summed E-state index contributed by atoms with van der Waals surface area (Å²) >= 11 is 0. The summed E-state index contributed by atoms with van der Waals surface area (Å²) in [6.45, 7) is 0. The minimum Gasteiger partial charge on any atom is -0.477 e. The Hall–Kier alpha value is -6.92. The maximum absolute atomic E-state index is 13.1. The maximum Gasteiger partial charge on any atom is 0.345 e. The van der Waals surface area contributed by atoms with Gasteiger partial charge in [-0.25, -0.2) is 28.3 Å². The molecule has 12 heteroatoms. The molecule has 6 rings (SSSR count). The van der Waals surface area contributed by atoms with Gasteiger partial charge in [0, 0.05) is 47.0 Å². The van der Waals surface area contributed by atoms with Crippen LogP contribution in [0, 0.1) is 35.3 Å². The van der Waals surface area contributed by atoms with Crippen molar-refractivity contribution in [2.24, 2.45) is 0 Å². The smallest absolute Gasteiger partial charge is 0.345 e. The minimum atomic E-state index is -1.33. The van der Waals surface area contributed by atoms with E-state index in [1.807, 2.05) is 0 Å². The Morgan fingerprint density at radius 3 is 1.53 bits per heavy atom. The fourth-order valence-corrected chi connectivity index (χ4v) is 4.12. The number of benzene rings is 2. The van der Waals surface area contributed by atoms with Crippen LogP contribution < -0.4 is 11.1 Å². The highest BCUT2D eigenvalue weighted by Gasteiger charge is 2.13. The predicted molar refractivity (Wildman–Crippen MR) is 166 cm³/mol. The van der Waals surface area contributed by atoms with E-state index in [4.69, 9.17) is 5.11 Å². The molecule has 1 N–H and O–H groups in total. The number of hydrogen-bond acceptors (Lipinski definition) is 7. The molecule has 0 spiro atoms. The summed E-state index contributed by atoms with van der Waals surface area (Å²) in [5.74, 6) is 8.59. The second-order valence-electron chi connectivity index (χ2n) is 9.56. The van der Waals surface area contributed by atoms with E-state index >= 15 is 0 Å². The third kappa shape index (κ3) is 7.42. The molecule has 2 aromatic carbocycles. The van der Waals surface area contributed by atoms with E-state index in [2.05, 4.69) is 38.4 Å². The van der Waals surface area contributed by atoms with Crippen LogP contribution in [0.4, 0.5) is 8.78 Å². The highest BCUT2D eigenvalue weighted by atomic mass is 19.1. The number of esters is 1. The lowest BCUT2D eigenvalue weighted by atomic mass is 10.2. The summed E-state index contributed by atoms with van der Waals surface area (Å²) in [7, 11) is 1.20. The van der Waals surface area contributed by atoms with E-state index < -0.39 is 28.6 Å². The van der Waals surface area contributed by atoms with Crippen LogP contribution in [0.5, 0.6) is 0 Å². The summed E-state index contributed by atoms with van der Waals surface area (Å²) < 4.78 is 33.1. The number of nitrogens with zero attached hydrogens (tertiary/aromatic N) is 4. The van der Waals surface area contributed by atoms with Gasteiger partial charge in [0.2, 0.25) is 0 Å². The van der Waals surface area contributed by atoms with Crippen LogP contribution in [0.3, 0.4) is 0 Å². The number of methoxy groups -OCH3 is 1. The Balaban J connectivity index is 0.000000185. The Morgan fingerprint density at radius 2 is 1.11 bits per heavy atom. The number of fused-ring (bicyclic) bond motifs is 2. The first-order valence-corrected chi connectivity index (χ1v) is 13.5. The van der Waals surface area contributed by atoms with Gasteiger partial charge in [-0.15, -0.1) is 0 Å². The molecule has 6 aromatic rings. The Labute approximate surface area is 264 Å². The fourth-order valence-electron chi connectivity index (χ4n) is 4.12. The van der Waals surface area contributed by atoms with Crippen LogP contribution in [-0.2, 0) is 4.74 Å². The summed E-state index contributed by atoms with van der Waals surface area (Å²) in [5, 5.41) is 8.91. The number of carboxylic acid groups (broad SMARTS) is 1. The number of aromatic carboxylic acids is 1. The molecule has 0 radical (unpaired) electrons. The molecule has 4 aromatic heterocycles. The standard InChI is InChI=1S/C18H11FN2O3.C17H9FN2O3/c1-24-18(23)15-11-20-16-10-13(7-8-21(16)17(15)22)6-5-12-3-2-4-14(19)9-12;18-13-3-1-2-11(8-13)4-5-12-6-7-20-15(9-12)19-10-14(16(20)21)17(22)23/h2-4,7-11H,1H3;1-3,6-10H,(H,22,23). The quantitative estimate of drug-likeness (QED) is 0.225. The second kappa shape index (κ2) is 13.8. The van der Waals surface area contributed by atoms with E-state index in [0.29, 0.717) is 27.9 Å². The van der Waals surface area contributed by atoms with E-state index in [1.165, 1.54) is 54.4 Å². The normalized spacial score (nSPS) is 10.1. The number of hydrogen-bond donors (Lipinski definition) is 1. The number of carbonyl (C=O) groups excluding carboxylic acids is 1. The molecule has 0 saturated carbocycles. The number of carboxylic acids is 1. The van der Waals surface area contributed by atoms with Crippen molar-refractivity contribution >= 4 is 23.2 Å². The first-order chi connectivity index (χ1) is 22.6. The Kier molecular flexibility index (Phi) is 9.25. The molecular formula is C35H20F2N4O6. The second-order valence-corrected chi connectivity index (χ2v) is 9.56. The molecule has 4 heterocycles. The molecule has 47 heavy (non-hydrogen) atoms. The first-order valence-electron chi connectivity index (χ1n) is 13.5. The van der Waals surface area contributed by atoms with E-state index in [-0.39, 0.29) is 22.8 Å². The average Bonchev–Trinajstić information content (AvgIpc) is 3.06. The molecule has 230 valence electrons. The van der Waals surface area contributed by atoms with Crippen LogP contribution in [-0.4, -0.2) is 42.9 Å². The fraction of sp³-hybridized carbons (Fsp3) is 0.0286. The zero-order valence-electron chi connectivity index (χ0n) is 24.3. The number of ether oxygens (including phenoxy) is 1. The van der Waals surface area contributed by atoms with Crippen molar-refractivity contribution in [3.05, 3.63) is 163 Å². The van der Waals surface area contributed by atoms with Crippen molar-refractivity contribution in [1.29, 1.82) is 0 Å². The van der Waals surface area contributed by atoms with E-state index in [9.17, 15) is 28.0 Å². The third-order valence-corrected chi connectivity index (χ3v) is 6.41. The van der Waals surface area contributed by atoms with Gasteiger partial charge >= 0.3 is 11.9 Å². The largest absolute Gasteiger partial charge is 0.477 e. The van der Waals surface area contributed by atoms with Gasteiger partial charge in [0.05, 0.1) is 7.11 Å². The van der Waals surface area contributed by atoms with Crippen molar-refractivity contribution < 1.29 is 28.2 Å². The molecular weight excluding hydrogens is 610 g/mol. The zero-order chi connectivity index (χ0) is 33.5. The highest BCUT2D eigenvalue weighted by molar-refractivity contribution is 5.88. The van der Waals surface area contributed by atoms with E-state index in [0.717, 1.165) is 10.6 Å². The third-order valence-electron chi connectivity index (χ3n) is 6.41. The molecule has 0 amide bonds. The maximum atomic E-state index is 13.1. The lowest BCUT2D eigenvalue weighted by molar-refractivity contribution is 0.0597. The Bertz CT molecular complexity index is 2450. The molecule has 0 aliphatic carbocycles. The number of halogens is 2. The minimum absolute atomic E-state index is 0.145. The summed E-state index contributed by atoms with van der Waals surface area (Å²) in [4.78, 5) is 54.6. The van der Waals surface area contributed by atoms with Crippen LogP contribution >= 0.6 is 0 Å². The van der Waals surface area contributed by atoms with Gasteiger partial charge in [0.1, 0.15) is 34.1 Å². The highest BCUT2D eigenvalue weighted by Crippen LogP contribution is 2.07. The molecule has 0 aliphatic heterocycles. The molecule has 0 aliphatic rings. The number of pyridine rings is 2. The average molecular weight is 631 g/mol. The van der Waals surface area contributed by atoms with Crippen LogP contribution in [0.15, 0.2) is 107 Å². The van der Waals surface area contributed by atoms with Crippen molar-refractivity contribution in [1.82, 2.24) is 18.8 Å². The van der Waals surface area contributed by atoms with Gasteiger partial charge in [0.15, 0.2) is 0 Å². The van der Waals surface area contributed by atoms with Gasteiger partial charge in [-0.2, -0.15) is 0 Å². The predicted octanol–water partition coefficient (Wildman–Crippen LogP) is 3.95. The van der Waals surface area contributed by atoms with Crippen molar-refractivity contribution in [3.8, 4) is 23.7 Å². The van der Waals surface area contributed by atoms with Crippen LogP contribution in [0.1, 0.15) is 43.0 Å². The topological polar surface area (TPSA) is 132 Å². The number of carbonyl (C=O) groups is 2. The molecule has 0 atom stereocenters. The summed E-state index contributed by atoms with van der Waals surface area (Å²) in [6.07, 6.45) is 5.08. The number of rotatable bonds is 2. The molecule has 0 fully saturated rings. The van der Waals surface area contributed by atoms with Gasteiger partial charge in [-0.05, 0) is 60.7 Å². The van der Waals surface area contributed by atoms with Crippen LogP contribution in [0.25, 0.3) is 11.3 Å². The molecule has 0 unspecified atom stereocenters. The molecule has 0 saturated heterocycles. The summed E-state index contributed by atoms with van der Waals surface area (Å²) in [6, 6.07) is 18.2. The SMILES string of the molecule is COC(=O)c1cnc2cc(C#Cc3cccc(F)c3)ccn2c1=O.O=C(O)c1cnc2cc(C#Cc3cccc(F)c3)ccn2c1=O.